The van der Waals surface area contributed by atoms with Gasteiger partial charge in [-0.25, -0.2) is 0 Å². The highest BCUT2D eigenvalue weighted by Crippen LogP contribution is 2.18. The molecule has 0 heterocycles. The summed E-state index contributed by atoms with van der Waals surface area (Å²) < 4.78 is 0. The van der Waals surface area contributed by atoms with Crippen LogP contribution in [0, 0.1) is 19.8 Å². The van der Waals surface area contributed by atoms with Crippen molar-refractivity contribution < 1.29 is 9.90 Å². The minimum Gasteiger partial charge on any atom is -0.396 e. The zero-order valence-corrected chi connectivity index (χ0v) is 13.7. The first-order chi connectivity index (χ1) is 9.85. The molecule has 0 saturated heterocycles. The second kappa shape index (κ2) is 8.15. The minimum atomic E-state index is 0.00699. The van der Waals surface area contributed by atoms with Crippen LogP contribution in [-0.4, -0.2) is 29.7 Å². The molecule has 4 heteroatoms. The number of rotatable bonds is 7. The first-order valence-corrected chi connectivity index (χ1v) is 7.58. The van der Waals surface area contributed by atoms with Gasteiger partial charge in [-0.05, 0) is 50.8 Å². The van der Waals surface area contributed by atoms with Crippen LogP contribution in [0.25, 0.3) is 0 Å². The van der Waals surface area contributed by atoms with Crippen LogP contribution in [0.5, 0.6) is 0 Å². The Balaban J connectivity index is 2.52. The number of nitrogens with one attached hydrogen (secondary N) is 2. The summed E-state index contributed by atoms with van der Waals surface area (Å²) in [5.41, 5.74) is 3.15. The molecule has 4 nitrogen and oxygen atoms in total. The number of aryl methyl sites for hydroxylation is 1. The highest BCUT2D eigenvalue weighted by molar-refractivity contribution is 5.92. The molecule has 1 aromatic rings. The molecule has 0 saturated carbocycles. The van der Waals surface area contributed by atoms with Crippen molar-refractivity contribution in [3.05, 3.63) is 29.3 Å². The van der Waals surface area contributed by atoms with Crippen LogP contribution < -0.4 is 10.6 Å². The van der Waals surface area contributed by atoms with Crippen LogP contribution in [0.3, 0.4) is 0 Å². The molecule has 0 aliphatic heterocycles. The molecule has 3 atom stereocenters. The lowest BCUT2D eigenvalue weighted by atomic mass is 10.0. The third kappa shape index (κ3) is 5.48. The quantitative estimate of drug-likeness (QED) is 0.724. The fourth-order valence-corrected chi connectivity index (χ4v) is 2.20. The van der Waals surface area contributed by atoms with Gasteiger partial charge in [0.2, 0.25) is 5.91 Å². The Morgan fingerprint density at radius 1 is 1.24 bits per heavy atom. The Labute approximate surface area is 128 Å². The standard InChI is InChI=1S/C17H28N2O2/c1-11-7-6-8-16(14(11)4)19-17(21)9-13(3)18-15(5)12(2)10-20/h6-8,12-13,15,18,20H,9-10H2,1-5H3,(H,19,21). The van der Waals surface area contributed by atoms with E-state index in [1.54, 1.807) is 0 Å². The predicted octanol–water partition coefficient (Wildman–Crippen LogP) is 2.63. The molecule has 3 N–H and O–H groups in total. The van der Waals surface area contributed by atoms with Crippen LogP contribution in [0.1, 0.15) is 38.3 Å². The van der Waals surface area contributed by atoms with Crippen LogP contribution in [-0.2, 0) is 4.79 Å². The van der Waals surface area contributed by atoms with E-state index in [2.05, 4.69) is 10.6 Å². The molecule has 0 fully saturated rings. The SMILES string of the molecule is Cc1cccc(NC(=O)CC(C)NC(C)C(C)CO)c1C. The van der Waals surface area contributed by atoms with Crippen molar-refractivity contribution in [2.24, 2.45) is 5.92 Å². The number of hydrogen-bond donors (Lipinski definition) is 3. The van der Waals surface area contributed by atoms with Gasteiger partial charge in [0.25, 0.3) is 0 Å². The number of aliphatic hydroxyl groups is 1. The van der Waals surface area contributed by atoms with Gasteiger partial charge < -0.3 is 15.7 Å². The van der Waals surface area contributed by atoms with Crippen molar-refractivity contribution >= 4 is 11.6 Å². The number of carbonyl (C=O) groups is 1. The molecule has 1 rings (SSSR count). The van der Waals surface area contributed by atoms with Crippen LogP contribution >= 0.6 is 0 Å². The summed E-state index contributed by atoms with van der Waals surface area (Å²) in [6.07, 6.45) is 0.413. The molecule has 0 aliphatic rings. The van der Waals surface area contributed by atoms with Gasteiger partial charge in [-0.3, -0.25) is 4.79 Å². The van der Waals surface area contributed by atoms with Crippen molar-refractivity contribution in [1.29, 1.82) is 0 Å². The Morgan fingerprint density at radius 3 is 2.52 bits per heavy atom. The summed E-state index contributed by atoms with van der Waals surface area (Å²) in [5.74, 6) is 0.182. The Bertz CT molecular complexity index is 474. The Hall–Kier alpha value is -1.39. The summed E-state index contributed by atoms with van der Waals surface area (Å²) in [6.45, 7) is 10.2. The van der Waals surface area contributed by atoms with Gasteiger partial charge >= 0.3 is 0 Å². The van der Waals surface area contributed by atoms with E-state index >= 15 is 0 Å². The first-order valence-electron chi connectivity index (χ1n) is 7.58. The van der Waals surface area contributed by atoms with Gasteiger partial charge in [0.15, 0.2) is 0 Å². The monoisotopic (exact) mass is 292 g/mol. The Kier molecular flexibility index (Phi) is 6.85. The predicted molar refractivity (Wildman–Crippen MR) is 87.5 cm³/mol. The maximum absolute atomic E-state index is 12.1. The molecule has 1 amide bonds. The molecule has 0 spiro atoms. The minimum absolute atomic E-state index is 0.00699. The number of hydrogen-bond acceptors (Lipinski definition) is 3. The molecular weight excluding hydrogens is 264 g/mol. The van der Waals surface area contributed by atoms with Crippen LogP contribution in [0.2, 0.25) is 0 Å². The van der Waals surface area contributed by atoms with E-state index < -0.39 is 0 Å². The lowest BCUT2D eigenvalue weighted by Crippen LogP contribution is -2.41. The van der Waals surface area contributed by atoms with Gasteiger partial charge in [0.1, 0.15) is 0 Å². The largest absolute Gasteiger partial charge is 0.396 e. The third-order valence-electron chi connectivity index (χ3n) is 4.06. The molecule has 0 aliphatic carbocycles. The van der Waals surface area contributed by atoms with E-state index in [1.165, 1.54) is 5.56 Å². The van der Waals surface area contributed by atoms with Crippen molar-refractivity contribution in [1.82, 2.24) is 5.32 Å². The van der Waals surface area contributed by atoms with E-state index in [0.29, 0.717) is 6.42 Å². The third-order valence-corrected chi connectivity index (χ3v) is 4.06. The summed E-state index contributed by atoms with van der Waals surface area (Å²) >= 11 is 0. The average molecular weight is 292 g/mol. The van der Waals surface area contributed by atoms with Crippen molar-refractivity contribution in [3.8, 4) is 0 Å². The van der Waals surface area contributed by atoms with Gasteiger partial charge in [-0.2, -0.15) is 0 Å². The number of aliphatic hydroxyl groups excluding tert-OH is 1. The molecule has 0 radical (unpaired) electrons. The second-order valence-electron chi connectivity index (χ2n) is 6.02. The van der Waals surface area contributed by atoms with Crippen molar-refractivity contribution in [3.63, 3.8) is 0 Å². The maximum Gasteiger partial charge on any atom is 0.225 e. The maximum atomic E-state index is 12.1. The lowest BCUT2D eigenvalue weighted by Gasteiger charge is -2.24. The molecule has 1 aromatic carbocycles. The van der Waals surface area contributed by atoms with Crippen molar-refractivity contribution in [2.45, 2.75) is 53.1 Å². The number of amides is 1. The van der Waals surface area contributed by atoms with Gasteiger partial charge in [-0.15, -0.1) is 0 Å². The number of carbonyl (C=O) groups excluding carboxylic acids is 1. The summed E-state index contributed by atoms with van der Waals surface area (Å²) in [6, 6.07) is 6.16. The van der Waals surface area contributed by atoms with Gasteiger partial charge in [0.05, 0.1) is 0 Å². The van der Waals surface area contributed by atoms with Crippen LogP contribution in [0.15, 0.2) is 18.2 Å². The van der Waals surface area contributed by atoms with Crippen molar-refractivity contribution in [2.75, 3.05) is 11.9 Å². The molecule has 118 valence electrons. The summed E-state index contributed by atoms with van der Waals surface area (Å²) in [7, 11) is 0. The number of anilines is 1. The lowest BCUT2D eigenvalue weighted by molar-refractivity contribution is -0.116. The summed E-state index contributed by atoms with van der Waals surface area (Å²) in [5, 5.41) is 15.5. The Morgan fingerprint density at radius 2 is 1.90 bits per heavy atom. The molecule has 0 aromatic heterocycles. The van der Waals surface area contributed by atoms with E-state index in [0.717, 1.165) is 11.3 Å². The van der Waals surface area contributed by atoms with Gasteiger partial charge in [0, 0.05) is 30.8 Å². The average Bonchev–Trinajstić information content (AvgIpc) is 2.42. The number of benzene rings is 1. The molecule has 3 unspecified atom stereocenters. The smallest absolute Gasteiger partial charge is 0.225 e. The topological polar surface area (TPSA) is 61.4 Å². The fourth-order valence-electron chi connectivity index (χ4n) is 2.20. The van der Waals surface area contributed by atoms with Gasteiger partial charge in [-0.1, -0.05) is 19.1 Å². The van der Waals surface area contributed by atoms with E-state index in [1.807, 2.05) is 52.8 Å². The highest BCUT2D eigenvalue weighted by Gasteiger charge is 2.16. The zero-order chi connectivity index (χ0) is 16.0. The molecular formula is C17H28N2O2. The van der Waals surface area contributed by atoms with E-state index in [9.17, 15) is 4.79 Å². The summed E-state index contributed by atoms with van der Waals surface area (Å²) in [4.78, 5) is 12.1. The van der Waals surface area contributed by atoms with E-state index in [-0.39, 0.29) is 30.5 Å². The second-order valence-corrected chi connectivity index (χ2v) is 6.02. The molecule has 0 bridgehead atoms. The normalized spacial score (nSPS) is 15.3. The molecule has 21 heavy (non-hydrogen) atoms. The van der Waals surface area contributed by atoms with E-state index in [4.69, 9.17) is 5.11 Å². The fraction of sp³-hybridized carbons (Fsp3) is 0.588. The first kappa shape index (κ1) is 17.7. The zero-order valence-electron chi connectivity index (χ0n) is 13.7. The highest BCUT2D eigenvalue weighted by atomic mass is 16.3. The van der Waals surface area contributed by atoms with Crippen LogP contribution in [0.4, 0.5) is 5.69 Å².